The molecule has 0 fully saturated rings. The summed E-state index contributed by atoms with van der Waals surface area (Å²) in [4.78, 5) is 24.2. The highest BCUT2D eigenvalue weighted by Gasteiger charge is 2.19. The van der Waals surface area contributed by atoms with Crippen LogP contribution in [-0.4, -0.2) is 25.3 Å². The number of furan rings is 1. The molecule has 0 atom stereocenters. The fourth-order valence-corrected chi connectivity index (χ4v) is 4.02. The Labute approximate surface area is 192 Å². The van der Waals surface area contributed by atoms with Crippen molar-refractivity contribution < 1.29 is 9.21 Å². The Hall–Kier alpha value is -4.19. The number of rotatable bonds is 8. The molecule has 33 heavy (non-hydrogen) atoms. The fraction of sp³-hybridized carbons (Fsp3) is 0.148. The number of hydrogen-bond donors (Lipinski definition) is 0. The van der Waals surface area contributed by atoms with Gasteiger partial charge in [0.15, 0.2) is 0 Å². The van der Waals surface area contributed by atoms with Gasteiger partial charge >= 0.3 is 0 Å². The summed E-state index contributed by atoms with van der Waals surface area (Å²) in [5.41, 5.74) is 3.98. The molecule has 5 rings (SSSR count). The third kappa shape index (κ3) is 4.70. The Morgan fingerprint density at radius 3 is 2.55 bits per heavy atom. The van der Waals surface area contributed by atoms with Crippen LogP contribution in [0.1, 0.15) is 23.6 Å². The van der Waals surface area contributed by atoms with Gasteiger partial charge in [0.25, 0.3) is 0 Å². The summed E-state index contributed by atoms with van der Waals surface area (Å²) in [7, 11) is 0. The first-order valence-corrected chi connectivity index (χ1v) is 11.0. The molecular formula is C27H24N4O2. The second-order valence-corrected chi connectivity index (χ2v) is 7.88. The zero-order valence-electron chi connectivity index (χ0n) is 18.2. The van der Waals surface area contributed by atoms with Crippen molar-refractivity contribution in [2.45, 2.75) is 25.9 Å². The number of aromatic nitrogens is 3. The van der Waals surface area contributed by atoms with Gasteiger partial charge in [0.05, 0.1) is 23.8 Å². The minimum Gasteiger partial charge on any atom is -0.467 e. The van der Waals surface area contributed by atoms with Crippen LogP contribution in [0.2, 0.25) is 0 Å². The topological polar surface area (TPSA) is 64.2 Å². The summed E-state index contributed by atoms with van der Waals surface area (Å²) >= 11 is 0. The quantitative estimate of drug-likeness (QED) is 0.336. The van der Waals surface area contributed by atoms with E-state index in [1.54, 1.807) is 18.7 Å². The van der Waals surface area contributed by atoms with Gasteiger partial charge in [-0.2, -0.15) is 0 Å². The van der Waals surface area contributed by atoms with E-state index in [1.165, 1.54) is 0 Å². The van der Waals surface area contributed by atoms with Crippen molar-refractivity contribution in [2.75, 3.05) is 0 Å². The number of nitrogens with zero attached hydrogens (tertiary/aromatic N) is 4. The van der Waals surface area contributed by atoms with Gasteiger partial charge in [-0.15, -0.1) is 0 Å². The van der Waals surface area contributed by atoms with E-state index in [0.29, 0.717) is 25.9 Å². The van der Waals surface area contributed by atoms with E-state index in [9.17, 15) is 4.79 Å². The van der Waals surface area contributed by atoms with Crippen LogP contribution in [0.4, 0.5) is 0 Å². The predicted octanol–water partition coefficient (Wildman–Crippen LogP) is 5.18. The minimum absolute atomic E-state index is 0.0434. The van der Waals surface area contributed by atoms with Gasteiger partial charge in [0.1, 0.15) is 11.6 Å². The molecule has 0 bridgehead atoms. The normalized spacial score (nSPS) is 11.0. The van der Waals surface area contributed by atoms with Crippen molar-refractivity contribution in [1.29, 1.82) is 0 Å². The monoisotopic (exact) mass is 436 g/mol. The summed E-state index contributed by atoms with van der Waals surface area (Å²) < 4.78 is 7.64. The molecule has 2 aromatic carbocycles. The first-order valence-electron chi connectivity index (χ1n) is 11.0. The highest BCUT2D eigenvalue weighted by atomic mass is 16.3. The van der Waals surface area contributed by atoms with Gasteiger partial charge in [-0.05, 0) is 48.0 Å². The number of fused-ring (bicyclic) bond motifs is 1. The lowest BCUT2D eigenvalue weighted by Crippen LogP contribution is -2.30. The second kappa shape index (κ2) is 9.53. The molecule has 0 radical (unpaired) electrons. The molecule has 0 aliphatic rings. The first-order chi connectivity index (χ1) is 16.3. The predicted molar refractivity (Wildman–Crippen MR) is 127 cm³/mol. The number of imidazole rings is 1. The van der Waals surface area contributed by atoms with Crippen LogP contribution < -0.4 is 0 Å². The number of amides is 1. The maximum atomic E-state index is 13.3. The van der Waals surface area contributed by atoms with Crippen molar-refractivity contribution in [2.24, 2.45) is 0 Å². The average molecular weight is 437 g/mol. The fourth-order valence-electron chi connectivity index (χ4n) is 4.02. The molecule has 6 heteroatoms. The minimum atomic E-state index is 0.0434. The lowest BCUT2D eigenvalue weighted by molar-refractivity contribution is -0.132. The highest BCUT2D eigenvalue weighted by molar-refractivity contribution is 5.79. The Morgan fingerprint density at radius 2 is 1.76 bits per heavy atom. The summed E-state index contributed by atoms with van der Waals surface area (Å²) in [6.45, 7) is 0.887. The van der Waals surface area contributed by atoms with Crippen molar-refractivity contribution in [3.05, 3.63) is 115 Å². The molecule has 0 N–H and O–H groups in total. The van der Waals surface area contributed by atoms with Crippen LogP contribution in [-0.2, 0) is 24.3 Å². The Bertz CT molecular complexity index is 1330. The molecule has 164 valence electrons. The van der Waals surface area contributed by atoms with Crippen molar-refractivity contribution in [3.8, 4) is 5.69 Å². The van der Waals surface area contributed by atoms with E-state index in [1.807, 2.05) is 65.6 Å². The Morgan fingerprint density at radius 1 is 0.909 bits per heavy atom. The summed E-state index contributed by atoms with van der Waals surface area (Å²) in [6.07, 6.45) is 6.03. The standard InChI is InChI=1S/C27H24N4O2/c32-27(30(20-23-11-7-17-33-23)19-21-8-6-16-28-18-21)15-14-26-29-24-12-4-5-13-25(24)31(26)22-9-2-1-3-10-22/h1-13,16-18H,14-15,19-20H2. The molecule has 0 aliphatic heterocycles. The molecule has 0 spiro atoms. The molecule has 6 nitrogen and oxygen atoms in total. The lowest BCUT2D eigenvalue weighted by Gasteiger charge is -2.22. The smallest absolute Gasteiger partial charge is 0.223 e. The van der Waals surface area contributed by atoms with Gasteiger partial charge in [0, 0.05) is 37.5 Å². The van der Waals surface area contributed by atoms with Gasteiger partial charge in [0.2, 0.25) is 5.91 Å². The van der Waals surface area contributed by atoms with E-state index < -0.39 is 0 Å². The molecular weight excluding hydrogens is 412 g/mol. The number of aryl methyl sites for hydroxylation is 1. The summed E-state index contributed by atoms with van der Waals surface area (Å²) in [5, 5.41) is 0. The van der Waals surface area contributed by atoms with Crippen LogP contribution >= 0.6 is 0 Å². The van der Waals surface area contributed by atoms with E-state index in [0.717, 1.165) is 33.9 Å². The Balaban J connectivity index is 1.39. The molecule has 5 aromatic rings. The van der Waals surface area contributed by atoms with Crippen LogP contribution in [0.25, 0.3) is 16.7 Å². The molecule has 0 aliphatic carbocycles. The van der Waals surface area contributed by atoms with Crippen molar-refractivity contribution >= 4 is 16.9 Å². The zero-order chi connectivity index (χ0) is 22.5. The average Bonchev–Trinajstić information content (AvgIpc) is 3.51. The summed E-state index contributed by atoms with van der Waals surface area (Å²) in [5.74, 6) is 1.67. The molecule has 1 amide bonds. The lowest BCUT2D eigenvalue weighted by atomic mass is 10.2. The number of benzene rings is 2. The number of carbonyl (C=O) groups is 1. The van der Waals surface area contributed by atoms with Crippen LogP contribution in [0.3, 0.4) is 0 Å². The highest BCUT2D eigenvalue weighted by Crippen LogP contribution is 2.23. The van der Waals surface area contributed by atoms with Crippen molar-refractivity contribution in [3.63, 3.8) is 0 Å². The number of para-hydroxylation sites is 3. The van der Waals surface area contributed by atoms with Gasteiger partial charge in [-0.25, -0.2) is 4.98 Å². The largest absolute Gasteiger partial charge is 0.467 e. The van der Waals surface area contributed by atoms with E-state index >= 15 is 0 Å². The van der Waals surface area contributed by atoms with E-state index in [4.69, 9.17) is 9.40 Å². The SMILES string of the molecule is O=C(CCc1nc2ccccc2n1-c1ccccc1)N(Cc1cccnc1)Cc1ccco1. The molecule has 0 saturated heterocycles. The zero-order valence-corrected chi connectivity index (χ0v) is 18.2. The molecule has 0 saturated carbocycles. The maximum Gasteiger partial charge on any atom is 0.223 e. The second-order valence-electron chi connectivity index (χ2n) is 7.88. The Kier molecular flexibility index (Phi) is 5.97. The maximum absolute atomic E-state index is 13.3. The van der Waals surface area contributed by atoms with E-state index in [2.05, 4.69) is 27.8 Å². The molecule has 3 aromatic heterocycles. The molecule has 3 heterocycles. The third-order valence-electron chi connectivity index (χ3n) is 5.58. The number of carbonyl (C=O) groups excluding carboxylic acids is 1. The van der Waals surface area contributed by atoms with Gasteiger partial charge in [-0.1, -0.05) is 36.4 Å². The van der Waals surface area contributed by atoms with Gasteiger partial charge in [-0.3, -0.25) is 14.3 Å². The van der Waals surface area contributed by atoms with Crippen molar-refractivity contribution in [1.82, 2.24) is 19.4 Å². The number of pyridine rings is 1. The molecule has 0 unspecified atom stereocenters. The third-order valence-corrected chi connectivity index (χ3v) is 5.58. The van der Waals surface area contributed by atoms with Crippen LogP contribution in [0, 0.1) is 0 Å². The van der Waals surface area contributed by atoms with E-state index in [-0.39, 0.29) is 5.91 Å². The van der Waals surface area contributed by atoms with Crippen LogP contribution in [0.15, 0.2) is 102 Å². The number of hydrogen-bond acceptors (Lipinski definition) is 4. The summed E-state index contributed by atoms with van der Waals surface area (Å²) in [6, 6.07) is 25.8. The van der Waals surface area contributed by atoms with Crippen LogP contribution in [0.5, 0.6) is 0 Å². The van der Waals surface area contributed by atoms with Gasteiger partial charge < -0.3 is 9.32 Å². The first kappa shape index (κ1) is 20.7.